The smallest absolute Gasteiger partial charge is 0.231 e. The van der Waals surface area contributed by atoms with E-state index in [2.05, 4.69) is 21.2 Å². The van der Waals surface area contributed by atoms with Crippen LogP contribution in [0.3, 0.4) is 0 Å². The topological polar surface area (TPSA) is 50.7 Å². The van der Waals surface area contributed by atoms with E-state index in [1.807, 2.05) is 12.1 Å². The molecule has 5 heteroatoms. The molecular formula is C10H12BrNO3. The molecule has 4 nitrogen and oxygen atoms in total. The summed E-state index contributed by atoms with van der Waals surface area (Å²) >= 11 is 3.40. The minimum atomic E-state index is -0.610. The molecule has 0 aromatic heterocycles. The summed E-state index contributed by atoms with van der Waals surface area (Å²) in [7, 11) is 1.79. The van der Waals surface area contributed by atoms with E-state index in [4.69, 9.17) is 9.47 Å². The summed E-state index contributed by atoms with van der Waals surface area (Å²) in [6.45, 7) is 0.684. The highest BCUT2D eigenvalue weighted by molar-refractivity contribution is 9.10. The standard InChI is InChI=1S/C10H12BrNO3/c1-12-4-7(13)9-6(11)2-3-8-10(9)15-5-14-8/h2-3,7,12-13H,4-5H2,1H3. The first-order valence-corrected chi connectivity index (χ1v) is 5.44. The van der Waals surface area contributed by atoms with E-state index in [0.717, 1.165) is 10.0 Å². The van der Waals surface area contributed by atoms with Crippen LogP contribution in [0.15, 0.2) is 16.6 Å². The first-order valence-electron chi connectivity index (χ1n) is 4.64. The second-order valence-corrected chi connectivity index (χ2v) is 4.12. The number of aliphatic hydroxyl groups excluding tert-OH is 1. The van der Waals surface area contributed by atoms with Gasteiger partial charge in [0.2, 0.25) is 6.79 Å². The van der Waals surface area contributed by atoms with Crippen molar-refractivity contribution in [3.05, 3.63) is 22.2 Å². The fourth-order valence-corrected chi connectivity index (χ4v) is 2.15. The molecule has 0 bridgehead atoms. The lowest BCUT2D eigenvalue weighted by atomic mass is 10.1. The van der Waals surface area contributed by atoms with Crippen molar-refractivity contribution in [1.82, 2.24) is 5.32 Å². The van der Waals surface area contributed by atoms with Gasteiger partial charge in [0.25, 0.3) is 0 Å². The third-order valence-electron chi connectivity index (χ3n) is 2.26. The lowest BCUT2D eigenvalue weighted by Gasteiger charge is -2.14. The largest absolute Gasteiger partial charge is 0.454 e. The normalized spacial score (nSPS) is 15.4. The van der Waals surface area contributed by atoms with Crippen molar-refractivity contribution < 1.29 is 14.6 Å². The van der Waals surface area contributed by atoms with Crippen molar-refractivity contribution in [2.24, 2.45) is 0 Å². The zero-order valence-electron chi connectivity index (χ0n) is 8.29. The van der Waals surface area contributed by atoms with Gasteiger partial charge in [0.05, 0.1) is 6.10 Å². The molecule has 1 aromatic rings. The Labute approximate surface area is 96.3 Å². The molecule has 82 valence electrons. The minimum absolute atomic E-state index is 0.213. The number of benzene rings is 1. The highest BCUT2D eigenvalue weighted by Gasteiger charge is 2.24. The third kappa shape index (κ3) is 1.95. The summed E-state index contributed by atoms with van der Waals surface area (Å²) < 4.78 is 11.4. The van der Waals surface area contributed by atoms with Crippen LogP contribution < -0.4 is 14.8 Å². The monoisotopic (exact) mass is 273 g/mol. The van der Waals surface area contributed by atoms with Crippen LogP contribution >= 0.6 is 15.9 Å². The van der Waals surface area contributed by atoms with Crippen molar-refractivity contribution in [1.29, 1.82) is 0 Å². The third-order valence-corrected chi connectivity index (χ3v) is 2.95. The van der Waals surface area contributed by atoms with Crippen LogP contribution in [-0.4, -0.2) is 25.5 Å². The Morgan fingerprint density at radius 1 is 1.53 bits per heavy atom. The van der Waals surface area contributed by atoms with Gasteiger partial charge in [-0.25, -0.2) is 0 Å². The molecule has 0 saturated heterocycles. The van der Waals surface area contributed by atoms with Gasteiger partial charge in [0.15, 0.2) is 11.5 Å². The Morgan fingerprint density at radius 3 is 3.07 bits per heavy atom. The Hall–Kier alpha value is -0.780. The van der Waals surface area contributed by atoms with E-state index >= 15 is 0 Å². The highest BCUT2D eigenvalue weighted by Crippen LogP contribution is 2.42. The molecule has 2 rings (SSSR count). The Morgan fingerprint density at radius 2 is 2.33 bits per heavy atom. The molecule has 0 spiro atoms. The maximum absolute atomic E-state index is 9.94. The fourth-order valence-electron chi connectivity index (χ4n) is 1.58. The molecule has 0 aliphatic carbocycles. The Kier molecular flexibility index (Phi) is 3.14. The summed E-state index contributed by atoms with van der Waals surface area (Å²) in [6, 6.07) is 3.67. The number of nitrogens with one attached hydrogen (secondary N) is 1. The molecule has 1 atom stereocenters. The van der Waals surface area contributed by atoms with Gasteiger partial charge in [-0.05, 0) is 19.2 Å². The molecule has 1 aliphatic rings. The van der Waals surface area contributed by atoms with Gasteiger partial charge in [-0.1, -0.05) is 15.9 Å². The number of halogens is 1. The van der Waals surface area contributed by atoms with E-state index < -0.39 is 6.10 Å². The molecule has 1 aliphatic heterocycles. The van der Waals surface area contributed by atoms with E-state index in [1.54, 1.807) is 7.05 Å². The van der Waals surface area contributed by atoms with Gasteiger partial charge < -0.3 is 19.9 Å². The van der Waals surface area contributed by atoms with Crippen molar-refractivity contribution >= 4 is 15.9 Å². The highest BCUT2D eigenvalue weighted by atomic mass is 79.9. The van der Waals surface area contributed by atoms with Gasteiger partial charge in [0.1, 0.15) is 0 Å². The summed E-state index contributed by atoms with van der Waals surface area (Å²) in [5.74, 6) is 1.32. The Balaban J connectivity index is 2.40. The van der Waals surface area contributed by atoms with Crippen LogP contribution in [0.5, 0.6) is 11.5 Å². The predicted octanol–water partition coefficient (Wildman–Crippen LogP) is 1.43. The van der Waals surface area contributed by atoms with Crippen molar-refractivity contribution in [3.63, 3.8) is 0 Å². The molecule has 0 fully saturated rings. The summed E-state index contributed by atoms with van der Waals surface area (Å²) in [4.78, 5) is 0. The fraction of sp³-hybridized carbons (Fsp3) is 0.400. The van der Waals surface area contributed by atoms with Gasteiger partial charge in [0, 0.05) is 16.6 Å². The van der Waals surface area contributed by atoms with Gasteiger partial charge in [-0.3, -0.25) is 0 Å². The van der Waals surface area contributed by atoms with Crippen LogP contribution in [-0.2, 0) is 0 Å². The number of rotatable bonds is 3. The zero-order chi connectivity index (χ0) is 10.8. The number of hydrogen-bond acceptors (Lipinski definition) is 4. The summed E-state index contributed by atoms with van der Waals surface area (Å²) in [5, 5.41) is 12.9. The second-order valence-electron chi connectivity index (χ2n) is 3.27. The predicted molar refractivity (Wildman–Crippen MR) is 59.2 cm³/mol. The SMILES string of the molecule is CNCC(O)c1c(Br)ccc2c1OCO2. The van der Waals surface area contributed by atoms with Crippen LogP contribution in [0.4, 0.5) is 0 Å². The van der Waals surface area contributed by atoms with Crippen molar-refractivity contribution in [2.75, 3.05) is 20.4 Å². The van der Waals surface area contributed by atoms with Crippen LogP contribution in [0.1, 0.15) is 11.7 Å². The summed E-state index contributed by atoms with van der Waals surface area (Å²) in [5.41, 5.74) is 0.736. The zero-order valence-corrected chi connectivity index (χ0v) is 9.87. The molecule has 0 radical (unpaired) electrons. The minimum Gasteiger partial charge on any atom is -0.454 e. The van der Waals surface area contributed by atoms with E-state index in [-0.39, 0.29) is 6.79 Å². The quantitative estimate of drug-likeness (QED) is 0.875. The lowest BCUT2D eigenvalue weighted by Crippen LogP contribution is -2.17. The van der Waals surface area contributed by atoms with Crippen LogP contribution in [0.2, 0.25) is 0 Å². The average Bonchev–Trinajstić information content (AvgIpc) is 2.65. The van der Waals surface area contributed by atoms with Crippen LogP contribution in [0, 0.1) is 0 Å². The summed E-state index contributed by atoms with van der Waals surface area (Å²) in [6.07, 6.45) is -0.610. The van der Waals surface area contributed by atoms with E-state index in [0.29, 0.717) is 18.0 Å². The average molecular weight is 274 g/mol. The molecule has 2 N–H and O–H groups in total. The maximum Gasteiger partial charge on any atom is 0.231 e. The molecule has 1 heterocycles. The van der Waals surface area contributed by atoms with Crippen LogP contribution in [0.25, 0.3) is 0 Å². The van der Waals surface area contributed by atoms with Gasteiger partial charge >= 0.3 is 0 Å². The van der Waals surface area contributed by atoms with Crippen molar-refractivity contribution in [3.8, 4) is 11.5 Å². The molecule has 1 unspecified atom stereocenters. The second kappa shape index (κ2) is 4.38. The number of aliphatic hydroxyl groups is 1. The number of fused-ring (bicyclic) bond motifs is 1. The molecule has 0 amide bonds. The number of hydrogen-bond donors (Lipinski definition) is 2. The van der Waals surface area contributed by atoms with Gasteiger partial charge in [-0.2, -0.15) is 0 Å². The van der Waals surface area contributed by atoms with Gasteiger partial charge in [-0.15, -0.1) is 0 Å². The molecular weight excluding hydrogens is 262 g/mol. The van der Waals surface area contributed by atoms with Crippen molar-refractivity contribution in [2.45, 2.75) is 6.10 Å². The number of ether oxygens (including phenoxy) is 2. The van der Waals surface area contributed by atoms with E-state index in [9.17, 15) is 5.11 Å². The Bertz CT molecular complexity index is 370. The van der Waals surface area contributed by atoms with E-state index in [1.165, 1.54) is 0 Å². The lowest BCUT2D eigenvalue weighted by molar-refractivity contribution is 0.157. The molecule has 1 aromatic carbocycles. The maximum atomic E-state index is 9.94. The number of likely N-dealkylation sites (N-methyl/N-ethyl adjacent to an activating group) is 1. The first kappa shape index (κ1) is 10.7. The molecule has 0 saturated carbocycles. The first-order chi connectivity index (χ1) is 7.24. The molecule has 15 heavy (non-hydrogen) atoms.